The molecule has 0 fully saturated rings. The Kier molecular flexibility index (Phi) is 4.99. The molecule has 0 aliphatic heterocycles. The Labute approximate surface area is 99.8 Å². The van der Waals surface area contributed by atoms with Crippen LogP contribution in [0.25, 0.3) is 0 Å². The third-order valence-corrected chi connectivity index (χ3v) is 2.43. The lowest BCUT2D eigenvalue weighted by Gasteiger charge is -2.04. The summed E-state index contributed by atoms with van der Waals surface area (Å²) in [5.41, 5.74) is 1.92. The molecule has 1 atom stereocenters. The van der Waals surface area contributed by atoms with Gasteiger partial charge in [-0.25, -0.2) is 0 Å². The number of alkyl halides is 1. The molecule has 0 radical (unpaired) electrons. The number of carbonyl (C=O) groups is 1. The van der Waals surface area contributed by atoms with Crippen molar-refractivity contribution in [3.63, 3.8) is 0 Å². The van der Waals surface area contributed by atoms with Gasteiger partial charge < -0.3 is 5.11 Å². The van der Waals surface area contributed by atoms with E-state index in [2.05, 4.69) is 4.99 Å². The first-order valence-corrected chi connectivity index (χ1v) is 5.52. The molecular weight excluding hydrogens is 226 g/mol. The molecule has 0 aliphatic carbocycles. The van der Waals surface area contributed by atoms with Gasteiger partial charge in [-0.1, -0.05) is 24.3 Å². The Balaban J connectivity index is 2.64. The predicted octanol–water partition coefficient (Wildman–Crippen LogP) is 2.36. The maximum absolute atomic E-state index is 10.6. The van der Waals surface area contributed by atoms with E-state index < -0.39 is 11.3 Å². The van der Waals surface area contributed by atoms with Crippen molar-refractivity contribution in [2.75, 3.05) is 6.54 Å². The third-order valence-electron chi connectivity index (χ3n) is 2.09. The summed E-state index contributed by atoms with van der Waals surface area (Å²) in [5, 5.41) is 7.80. The molecule has 0 heterocycles. The summed E-state index contributed by atoms with van der Waals surface area (Å²) in [4.78, 5) is 14.7. The molecule has 4 heteroatoms. The lowest BCUT2D eigenvalue weighted by Crippen LogP contribution is -2.15. The van der Waals surface area contributed by atoms with Crippen molar-refractivity contribution in [1.82, 2.24) is 0 Å². The lowest BCUT2D eigenvalue weighted by molar-refractivity contribution is -0.136. The van der Waals surface area contributed by atoms with E-state index in [4.69, 9.17) is 16.7 Å². The molecule has 0 aliphatic rings. The molecule has 1 rings (SSSR count). The topological polar surface area (TPSA) is 49.7 Å². The first kappa shape index (κ1) is 12.7. The van der Waals surface area contributed by atoms with Crippen LogP contribution in [-0.4, -0.2) is 29.2 Å². The zero-order valence-electron chi connectivity index (χ0n) is 9.06. The van der Waals surface area contributed by atoms with Crippen LogP contribution in [0.4, 0.5) is 0 Å². The maximum atomic E-state index is 10.6. The number of halogens is 1. The van der Waals surface area contributed by atoms with Crippen molar-refractivity contribution in [2.45, 2.75) is 18.7 Å². The Morgan fingerprint density at radius 1 is 1.50 bits per heavy atom. The van der Waals surface area contributed by atoms with Crippen LogP contribution in [0.2, 0.25) is 0 Å². The van der Waals surface area contributed by atoms with E-state index in [-0.39, 0.29) is 0 Å². The predicted molar refractivity (Wildman–Crippen MR) is 65.6 cm³/mol. The summed E-state index contributed by atoms with van der Waals surface area (Å²) < 4.78 is 0. The number of nitrogens with zero attached hydrogens (tertiary/aromatic N) is 1. The molecule has 0 aromatic heterocycles. The van der Waals surface area contributed by atoms with E-state index in [1.54, 1.807) is 6.21 Å². The highest BCUT2D eigenvalue weighted by atomic mass is 35.5. The van der Waals surface area contributed by atoms with Gasteiger partial charge in [0.2, 0.25) is 0 Å². The monoisotopic (exact) mass is 239 g/mol. The number of carboxylic acids is 1. The van der Waals surface area contributed by atoms with E-state index in [0.29, 0.717) is 6.42 Å². The molecule has 86 valence electrons. The molecule has 1 aromatic carbocycles. The van der Waals surface area contributed by atoms with Crippen LogP contribution in [-0.2, 0) is 11.2 Å². The number of hydrogen-bond acceptors (Lipinski definition) is 2. The quantitative estimate of drug-likeness (QED) is 0.634. The van der Waals surface area contributed by atoms with E-state index in [9.17, 15) is 4.79 Å². The van der Waals surface area contributed by atoms with E-state index in [1.165, 1.54) is 0 Å². The molecule has 0 saturated heterocycles. The largest absolute Gasteiger partial charge is 0.480 e. The molecule has 1 unspecified atom stereocenters. The van der Waals surface area contributed by atoms with Crippen LogP contribution in [0.3, 0.4) is 0 Å². The van der Waals surface area contributed by atoms with Crippen LogP contribution in [0.5, 0.6) is 0 Å². The van der Waals surface area contributed by atoms with Gasteiger partial charge in [-0.3, -0.25) is 9.79 Å². The van der Waals surface area contributed by atoms with Gasteiger partial charge in [-0.05, 0) is 24.5 Å². The number of aliphatic imine (C=N–C) groups is 1. The van der Waals surface area contributed by atoms with Crippen LogP contribution in [0.1, 0.15) is 18.1 Å². The number of carboxylic acid groups (broad SMARTS) is 1. The smallest absolute Gasteiger partial charge is 0.321 e. The van der Waals surface area contributed by atoms with Crippen molar-refractivity contribution in [3.8, 4) is 0 Å². The lowest BCUT2D eigenvalue weighted by atomic mass is 10.1. The highest BCUT2D eigenvalue weighted by Crippen LogP contribution is 2.09. The fourth-order valence-corrected chi connectivity index (χ4v) is 1.41. The summed E-state index contributed by atoms with van der Waals surface area (Å²) in [6, 6.07) is 7.55. The van der Waals surface area contributed by atoms with Crippen LogP contribution in [0, 0.1) is 0 Å². The molecule has 1 aromatic rings. The van der Waals surface area contributed by atoms with Gasteiger partial charge in [-0.15, -0.1) is 11.6 Å². The summed E-state index contributed by atoms with van der Waals surface area (Å²) >= 11 is 5.65. The van der Waals surface area contributed by atoms with Crippen molar-refractivity contribution in [2.24, 2.45) is 4.99 Å². The molecule has 0 saturated carbocycles. The minimum atomic E-state index is -0.988. The molecule has 0 bridgehead atoms. The Hall–Kier alpha value is -1.35. The van der Waals surface area contributed by atoms with Crippen molar-refractivity contribution in [1.29, 1.82) is 0 Å². The van der Waals surface area contributed by atoms with Crippen LogP contribution < -0.4 is 0 Å². The maximum Gasteiger partial charge on any atom is 0.321 e. The summed E-state index contributed by atoms with van der Waals surface area (Å²) in [6.45, 7) is 2.72. The summed E-state index contributed by atoms with van der Waals surface area (Å²) in [7, 11) is 0. The number of benzene rings is 1. The third kappa shape index (κ3) is 4.03. The van der Waals surface area contributed by atoms with Gasteiger partial charge in [0.1, 0.15) is 5.38 Å². The average Bonchev–Trinajstić information content (AvgIpc) is 2.28. The number of aliphatic carboxylic acids is 1. The van der Waals surface area contributed by atoms with Gasteiger partial charge in [0.05, 0.1) is 0 Å². The number of rotatable bonds is 5. The Morgan fingerprint density at radius 3 is 2.62 bits per heavy atom. The SMILES string of the molecule is CCN=Cc1ccc(CC(Cl)C(=O)O)cc1. The fraction of sp³-hybridized carbons (Fsp3) is 0.333. The van der Waals surface area contributed by atoms with Gasteiger partial charge >= 0.3 is 5.97 Å². The highest BCUT2D eigenvalue weighted by Gasteiger charge is 2.13. The first-order chi connectivity index (χ1) is 7.63. The average molecular weight is 240 g/mol. The van der Waals surface area contributed by atoms with Crippen LogP contribution >= 0.6 is 11.6 Å². The summed E-state index contributed by atoms with van der Waals surface area (Å²) in [5.74, 6) is -0.988. The minimum Gasteiger partial charge on any atom is -0.480 e. The molecule has 0 spiro atoms. The zero-order valence-corrected chi connectivity index (χ0v) is 9.81. The van der Waals surface area contributed by atoms with Crippen LogP contribution in [0.15, 0.2) is 29.3 Å². The van der Waals surface area contributed by atoms with Gasteiger partial charge in [-0.2, -0.15) is 0 Å². The van der Waals surface area contributed by atoms with Crippen molar-refractivity contribution in [3.05, 3.63) is 35.4 Å². The number of hydrogen-bond donors (Lipinski definition) is 1. The molecule has 1 N–H and O–H groups in total. The molecular formula is C12H14ClNO2. The zero-order chi connectivity index (χ0) is 12.0. The van der Waals surface area contributed by atoms with E-state index in [0.717, 1.165) is 17.7 Å². The van der Waals surface area contributed by atoms with E-state index >= 15 is 0 Å². The first-order valence-electron chi connectivity index (χ1n) is 5.09. The van der Waals surface area contributed by atoms with Gasteiger partial charge in [0.25, 0.3) is 0 Å². The standard InChI is InChI=1S/C12H14ClNO2/c1-2-14-8-10-5-3-9(4-6-10)7-11(13)12(15)16/h3-6,8,11H,2,7H2,1H3,(H,15,16). The Bertz CT molecular complexity index is 373. The van der Waals surface area contributed by atoms with E-state index in [1.807, 2.05) is 31.2 Å². The fourth-order valence-electron chi connectivity index (χ4n) is 1.23. The van der Waals surface area contributed by atoms with Crippen molar-refractivity contribution >= 4 is 23.8 Å². The molecule has 16 heavy (non-hydrogen) atoms. The Morgan fingerprint density at radius 2 is 2.12 bits per heavy atom. The molecule has 3 nitrogen and oxygen atoms in total. The van der Waals surface area contributed by atoms with Gasteiger partial charge in [0.15, 0.2) is 0 Å². The second-order valence-corrected chi connectivity index (χ2v) is 3.91. The second kappa shape index (κ2) is 6.28. The summed E-state index contributed by atoms with van der Waals surface area (Å²) in [6.07, 6.45) is 2.13. The van der Waals surface area contributed by atoms with Crippen molar-refractivity contribution < 1.29 is 9.90 Å². The normalized spacial score (nSPS) is 12.9. The van der Waals surface area contributed by atoms with Gasteiger partial charge in [0, 0.05) is 12.8 Å². The highest BCUT2D eigenvalue weighted by molar-refractivity contribution is 6.29. The second-order valence-electron chi connectivity index (χ2n) is 3.38. The molecule has 0 amide bonds. The minimum absolute atomic E-state index is 0.335.